The van der Waals surface area contributed by atoms with Gasteiger partial charge in [-0.15, -0.1) is 10.2 Å². The van der Waals surface area contributed by atoms with E-state index < -0.39 is 0 Å². The van der Waals surface area contributed by atoms with E-state index in [-0.39, 0.29) is 5.91 Å². The fraction of sp³-hybridized carbons (Fsp3) is 0.188. The Balaban J connectivity index is 1.64. The molecule has 0 fully saturated rings. The summed E-state index contributed by atoms with van der Waals surface area (Å²) in [7, 11) is 0. The van der Waals surface area contributed by atoms with Gasteiger partial charge in [0.15, 0.2) is 0 Å². The minimum Gasteiger partial charge on any atom is -0.488 e. The van der Waals surface area contributed by atoms with E-state index in [2.05, 4.69) is 15.5 Å². The lowest BCUT2D eigenvalue weighted by molar-refractivity contribution is -0.111. The number of nitrogens with one attached hydrogen (secondary N) is 1. The van der Waals surface area contributed by atoms with Crippen molar-refractivity contribution in [3.63, 3.8) is 0 Å². The van der Waals surface area contributed by atoms with Gasteiger partial charge >= 0.3 is 0 Å². The zero-order valence-electron chi connectivity index (χ0n) is 12.1. The van der Waals surface area contributed by atoms with Gasteiger partial charge in [0.05, 0.1) is 0 Å². The maximum Gasteiger partial charge on any atom is 0.250 e. The molecule has 6 heteroatoms. The van der Waals surface area contributed by atoms with Gasteiger partial charge in [0, 0.05) is 11.6 Å². The Morgan fingerprint density at radius 1 is 1.41 bits per heavy atom. The quantitative estimate of drug-likeness (QED) is 0.881. The van der Waals surface area contributed by atoms with Crippen molar-refractivity contribution in [1.29, 1.82) is 0 Å². The van der Waals surface area contributed by atoms with Crippen molar-refractivity contribution in [1.82, 2.24) is 10.2 Å². The first-order valence-corrected chi connectivity index (χ1v) is 7.80. The van der Waals surface area contributed by atoms with Crippen LogP contribution in [0.3, 0.4) is 0 Å². The van der Waals surface area contributed by atoms with Crippen molar-refractivity contribution in [2.75, 3.05) is 11.9 Å². The van der Waals surface area contributed by atoms with E-state index >= 15 is 0 Å². The Kier molecular flexibility index (Phi) is 4.29. The van der Waals surface area contributed by atoms with Gasteiger partial charge in [0.2, 0.25) is 11.0 Å². The van der Waals surface area contributed by atoms with E-state index in [1.54, 1.807) is 6.08 Å². The number of carbonyl (C=O) groups is 1. The van der Waals surface area contributed by atoms with E-state index in [1.165, 1.54) is 17.4 Å². The SMILES string of the molecule is CCc1nnc(NC(=O)C=CC2=Cc3ccccc3OC2)s1. The summed E-state index contributed by atoms with van der Waals surface area (Å²) >= 11 is 1.39. The number of hydrogen-bond acceptors (Lipinski definition) is 5. The summed E-state index contributed by atoms with van der Waals surface area (Å²) in [5.74, 6) is 0.642. The molecule has 2 aromatic rings. The van der Waals surface area contributed by atoms with Crippen molar-refractivity contribution in [2.45, 2.75) is 13.3 Å². The molecule has 0 unspecified atom stereocenters. The van der Waals surface area contributed by atoms with E-state index in [0.717, 1.165) is 28.3 Å². The summed E-state index contributed by atoms with van der Waals surface area (Å²) in [5, 5.41) is 12.0. The number of aryl methyl sites for hydroxylation is 1. The highest BCUT2D eigenvalue weighted by molar-refractivity contribution is 7.15. The van der Waals surface area contributed by atoms with Gasteiger partial charge in [-0.05, 0) is 24.1 Å². The number of nitrogens with zero attached hydrogens (tertiary/aromatic N) is 2. The predicted molar refractivity (Wildman–Crippen MR) is 87.0 cm³/mol. The van der Waals surface area contributed by atoms with Crippen molar-refractivity contribution in [3.8, 4) is 5.75 Å². The Hall–Kier alpha value is -2.47. The van der Waals surface area contributed by atoms with E-state index in [4.69, 9.17) is 4.74 Å². The lowest BCUT2D eigenvalue weighted by Gasteiger charge is -2.15. The standard InChI is InChI=1S/C16H15N3O2S/c1-2-15-18-19-16(22-15)17-14(20)8-7-11-9-12-5-3-4-6-13(12)21-10-11/h3-9H,2,10H2,1H3,(H,17,19,20). The van der Waals surface area contributed by atoms with E-state index in [1.807, 2.05) is 37.3 Å². The second kappa shape index (κ2) is 6.53. The zero-order chi connectivity index (χ0) is 15.4. The number of anilines is 1. The van der Waals surface area contributed by atoms with Crippen LogP contribution in [0, 0.1) is 0 Å². The van der Waals surface area contributed by atoms with Gasteiger partial charge in [-0.2, -0.15) is 0 Å². The molecular weight excluding hydrogens is 298 g/mol. The van der Waals surface area contributed by atoms with Crippen LogP contribution in [0.2, 0.25) is 0 Å². The van der Waals surface area contributed by atoms with Crippen molar-refractivity contribution in [3.05, 3.63) is 52.6 Å². The highest BCUT2D eigenvalue weighted by Gasteiger charge is 2.09. The van der Waals surface area contributed by atoms with Gasteiger partial charge in [0.1, 0.15) is 17.4 Å². The molecule has 0 radical (unpaired) electrons. The van der Waals surface area contributed by atoms with Crippen LogP contribution in [0.5, 0.6) is 5.75 Å². The fourth-order valence-corrected chi connectivity index (χ4v) is 2.69. The molecule has 3 rings (SSSR count). The average Bonchev–Trinajstić information content (AvgIpc) is 3.00. The number of rotatable bonds is 4. The third kappa shape index (κ3) is 3.40. The van der Waals surface area contributed by atoms with E-state index in [9.17, 15) is 4.79 Å². The first kappa shape index (κ1) is 14.5. The second-order valence-corrected chi connectivity index (χ2v) is 5.78. The number of carbonyl (C=O) groups excluding carboxylic acids is 1. The topological polar surface area (TPSA) is 64.1 Å². The molecule has 0 bridgehead atoms. The molecule has 2 heterocycles. The number of aromatic nitrogens is 2. The van der Waals surface area contributed by atoms with Crippen LogP contribution in [0.15, 0.2) is 42.0 Å². The maximum atomic E-state index is 11.9. The molecular formula is C16H15N3O2S. The molecule has 0 aliphatic carbocycles. The highest BCUT2D eigenvalue weighted by Crippen LogP contribution is 2.26. The van der Waals surface area contributed by atoms with Gasteiger partial charge in [-0.3, -0.25) is 10.1 Å². The fourth-order valence-electron chi connectivity index (χ4n) is 2.01. The first-order valence-electron chi connectivity index (χ1n) is 6.98. The molecule has 1 N–H and O–H groups in total. The number of ether oxygens (including phenoxy) is 1. The Labute approximate surface area is 132 Å². The van der Waals surface area contributed by atoms with Crippen LogP contribution in [0.1, 0.15) is 17.5 Å². The van der Waals surface area contributed by atoms with Crippen LogP contribution in [-0.2, 0) is 11.2 Å². The van der Waals surface area contributed by atoms with Crippen LogP contribution >= 0.6 is 11.3 Å². The van der Waals surface area contributed by atoms with Crippen molar-refractivity contribution in [2.24, 2.45) is 0 Å². The molecule has 5 nitrogen and oxygen atoms in total. The third-order valence-corrected chi connectivity index (χ3v) is 4.09. The molecule has 1 aromatic heterocycles. The first-order chi connectivity index (χ1) is 10.7. The van der Waals surface area contributed by atoms with E-state index in [0.29, 0.717) is 11.7 Å². The molecule has 0 saturated carbocycles. The summed E-state index contributed by atoms with van der Waals surface area (Å²) in [6, 6.07) is 7.81. The monoisotopic (exact) mass is 313 g/mol. The Morgan fingerprint density at radius 3 is 3.09 bits per heavy atom. The lowest BCUT2D eigenvalue weighted by Crippen LogP contribution is -2.09. The lowest BCUT2D eigenvalue weighted by atomic mass is 10.1. The molecule has 0 spiro atoms. The smallest absolute Gasteiger partial charge is 0.250 e. The van der Waals surface area contributed by atoms with Crippen LogP contribution in [0.25, 0.3) is 6.08 Å². The summed E-state index contributed by atoms with van der Waals surface area (Å²) in [6.07, 6.45) is 6.07. The van der Waals surface area contributed by atoms with Gasteiger partial charge in [-0.1, -0.05) is 42.5 Å². The second-order valence-electron chi connectivity index (χ2n) is 4.72. The highest BCUT2D eigenvalue weighted by atomic mass is 32.1. The molecule has 0 saturated heterocycles. The molecule has 22 heavy (non-hydrogen) atoms. The number of amides is 1. The average molecular weight is 313 g/mol. The van der Waals surface area contributed by atoms with Crippen LogP contribution in [-0.4, -0.2) is 22.7 Å². The number of hydrogen-bond donors (Lipinski definition) is 1. The Bertz CT molecular complexity index is 749. The number of fused-ring (bicyclic) bond motifs is 1. The third-order valence-electron chi connectivity index (χ3n) is 3.10. The molecule has 1 aliphatic rings. The Morgan fingerprint density at radius 2 is 2.27 bits per heavy atom. The summed E-state index contributed by atoms with van der Waals surface area (Å²) in [6.45, 7) is 2.46. The minimum atomic E-state index is -0.224. The summed E-state index contributed by atoms with van der Waals surface area (Å²) in [4.78, 5) is 11.9. The summed E-state index contributed by atoms with van der Waals surface area (Å²) < 4.78 is 5.63. The largest absolute Gasteiger partial charge is 0.488 e. The molecule has 1 amide bonds. The number of para-hydroxylation sites is 1. The molecule has 1 aliphatic heterocycles. The molecule has 112 valence electrons. The minimum absolute atomic E-state index is 0.224. The summed E-state index contributed by atoms with van der Waals surface area (Å²) in [5.41, 5.74) is 1.96. The van der Waals surface area contributed by atoms with Gasteiger partial charge in [-0.25, -0.2) is 0 Å². The molecule has 1 aromatic carbocycles. The van der Waals surface area contributed by atoms with Crippen molar-refractivity contribution >= 4 is 28.5 Å². The molecule has 0 atom stereocenters. The maximum absolute atomic E-state index is 11.9. The van der Waals surface area contributed by atoms with Gasteiger partial charge < -0.3 is 4.74 Å². The van der Waals surface area contributed by atoms with Crippen LogP contribution in [0.4, 0.5) is 5.13 Å². The normalized spacial score (nSPS) is 13.4. The number of benzene rings is 1. The van der Waals surface area contributed by atoms with Crippen molar-refractivity contribution < 1.29 is 9.53 Å². The zero-order valence-corrected chi connectivity index (χ0v) is 12.9. The predicted octanol–water partition coefficient (Wildman–Crippen LogP) is 3.07. The van der Waals surface area contributed by atoms with Crippen LogP contribution < -0.4 is 10.1 Å². The van der Waals surface area contributed by atoms with Gasteiger partial charge in [0.25, 0.3) is 0 Å².